The van der Waals surface area contributed by atoms with Gasteiger partial charge in [0.2, 0.25) is 0 Å². The number of hydrogen-bond donors (Lipinski definition) is 0. The van der Waals surface area contributed by atoms with Crippen LogP contribution in [0.3, 0.4) is 0 Å². The third-order valence-corrected chi connectivity index (χ3v) is 16.7. The quantitative estimate of drug-likeness (QED) is 0.137. The summed E-state index contributed by atoms with van der Waals surface area (Å²) in [6.45, 7) is 0. The molecule has 0 atom stereocenters. The monoisotopic (exact) mass is 1030 g/mol. The smallest absolute Gasteiger partial charge is 0.0541 e. The number of rotatable bonds is 9. The molecule has 0 amide bonds. The second kappa shape index (κ2) is 19.0. The first-order valence-electron chi connectivity index (χ1n) is 27.9. The van der Waals surface area contributed by atoms with Gasteiger partial charge in [-0.25, -0.2) is 0 Å². The molecule has 0 bridgehead atoms. The first-order valence-corrected chi connectivity index (χ1v) is 27.9. The average Bonchev–Trinajstić information content (AvgIpc) is 4.35. The molecular weight excluding hydrogens is 979 g/mol. The number of hydrogen-bond acceptors (Lipinski definition) is 0. The van der Waals surface area contributed by atoms with Crippen LogP contribution in [0.15, 0.2) is 309 Å². The molecule has 16 aromatic rings. The van der Waals surface area contributed by atoms with Crippen LogP contribution in [0, 0.1) is 0 Å². The molecule has 0 unspecified atom stereocenters. The lowest BCUT2D eigenvalue weighted by Gasteiger charge is -2.16. The molecule has 3 heterocycles. The van der Waals surface area contributed by atoms with E-state index < -0.39 is 0 Å². The summed E-state index contributed by atoms with van der Waals surface area (Å²) in [4.78, 5) is 0. The summed E-state index contributed by atoms with van der Waals surface area (Å²) >= 11 is 0. The lowest BCUT2D eigenvalue weighted by molar-refractivity contribution is 1.18. The fraction of sp³-hybridized carbons (Fsp3) is 0. The Bertz CT molecular complexity index is 4790. The Morgan fingerprint density at radius 2 is 0.432 bits per heavy atom. The van der Waals surface area contributed by atoms with E-state index in [9.17, 15) is 0 Å². The minimum atomic E-state index is 1.14. The fourth-order valence-electron chi connectivity index (χ4n) is 12.8. The lowest BCUT2D eigenvalue weighted by atomic mass is 9.97. The third kappa shape index (κ3) is 7.81. The Labute approximate surface area is 469 Å². The zero-order valence-corrected chi connectivity index (χ0v) is 44.3. The number of fused-ring (bicyclic) bond motifs is 9. The first-order chi connectivity index (χ1) is 40.2. The van der Waals surface area contributed by atoms with Gasteiger partial charge in [0.1, 0.15) is 0 Å². The van der Waals surface area contributed by atoms with Crippen LogP contribution in [0.25, 0.3) is 149 Å². The Hall–Kier alpha value is -10.7. The van der Waals surface area contributed by atoms with Crippen LogP contribution >= 0.6 is 0 Å². The summed E-state index contributed by atoms with van der Waals surface area (Å²) in [5.41, 5.74) is 24.8. The van der Waals surface area contributed by atoms with Crippen molar-refractivity contribution in [3.05, 3.63) is 309 Å². The molecular formula is C78H51N3. The fourth-order valence-corrected chi connectivity index (χ4v) is 12.8. The molecule has 16 rings (SSSR count). The van der Waals surface area contributed by atoms with Gasteiger partial charge in [-0.3, -0.25) is 0 Å². The highest BCUT2D eigenvalue weighted by atomic mass is 15.0. The normalized spacial score (nSPS) is 11.7. The van der Waals surface area contributed by atoms with E-state index in [1.54, 1.807) is 0 Å². The third-order valence-electron chi connectivity index (χ3n) is 16.7. The molecule has 0 saturated heterocycles. The average molecular weight is 1030 g/mol. The van der Waals surface area contributed by atoms with Crippen molar-refractivity contribution in [2.24, 2.45) is 0 Å². The number of para-hydroxylation sites is 4. The predicted octanol–water partition coefficient (Wildman–Crippen LogP) is 21.0. The summed E-state index contributed by atoms with van der Waals surface area (Å²) in [5, 5.41) is 7.42. The number of benzene rings is 13. The van der Waals surface area contributed by atoms with Gasteiger partial charge in [0, 0.05) is 49.3 Å². The van der Waals surface area contributed by atoms with Crippen molar-refractivity contribution < 1.29 is 0 Å². The first kappa shape index (κ1) is 46.4. The van der Waals surface area contributed by atoms with Gasteiger partial charge < -0.3 is 13.7 Å². The zero-order chi connectivity index (χ0) is 53.4. The SMILES string of the molecule is c1ccc(-c2ccc(-n3c4ccc(-c5ccc(-c6ccc7c(c6)c6ccccc6n7-c6ccccc6)cc5)cc4c4cc(-c5ccc(-c6ccc7c(c6)c6ccccc6n7-c6ccccc6)cc5)ccc43)c(-c3ccccc3)c2)cc1. The topological polar surface area (TPSA) is 14.8 Å². The van der Waals surface area contributed by atoms with Gasteiger partial charge in [0.05, 0.1) is 38.8 Å². The van der Waals surface area contributed by atoms with Gasteiger partial charge in [-0.15, -0.1) is 0 Å². The molecule has 0 aliphatic rings. The maximum absolute atomic E-state index is 2.48. The lowest BCUT2D eigenvalue weighted by Crippen LogP contribution is -1.98. The maximum atomic E-state index is 2.48. The largest absolute Gasteiger partial charge is 0.309 e. The summed E-state index contributed by atoms with van der Waals surface area (Å²) in [5.74, 6) is 0. The van der Waals surface area contributed by atoms with Crippen LogP contribution in [0.5, 0.6) is 0 Å². The Balaban J connectivity index is 0.807. The van der Waals surface area contributed by atoms with Gasteiger partial charge in [0.15, 0.2) is 0 Å². The predicted molar refractivity (Wildman–Crippen MR) is 342 cm³/mol. The second-order valence-electron chi connectivity index (χ2n) is 21.3. The molecule has 0 spiro atoms. The summed E-state index contributed by atoms with van der Waals surface area (Å²) in [6.07, 6.45) is 0. The van der Waals surface area contributed by atoms with Crippen LogP contribution in [-0.2, 0) is 0 Å². The molecule has 0 aliphatic carbocycles. The molecule has 0 N–H and O–H groups in total. The van der Waals surface area contributed by atoms with Crippen LogP contribution in [-0.4, -0.2) is 13.7 Å². The van der Waals surface area contributed by atoms with Gasteiger partial charge >= 0.3 is 0 Å². The van der Waals surface area contributed by atoms with Crippen molar-refractivity contribution >= 4 is 65.4 Å². The molecule has 3 heteroatoms. The van der Waals surface area contributed by atoms with E-state index >= 15 is 0 Å². The Morgan fingerprint density at radius 1 is 0.160 bits per heavy atom. The van der Waals surface area contributed by atoms with Crippen LogP contribution in [0.4, 0.5) is 0 Å². The van der Waals surface area contributed by atoms with E-state index in [0.29, 0.717) is 0 Å². The van der Waals surface area contributed by atoms with E-state index in [4.69, 9.17) is 0 Å². The van der Waals surface area contributed by atoms with Gasteiger partial charge in [0.25, 0.3) is 0 Å². The molecule has 0 fully saturated rings. The van der Waals surface area contributed by atoms with Crippen molar-refractivity contribution in [2.75, 3.05) is 0 Å². The molecule has 0 saturated carbocycles. The highest BCUT2D eigenvalue weighted by Crippen LogP contribution is 2.43. The van der Waals surface area contributed by atoms with Crippen molar-refractivity contribution in [3.8, 4) is 83.8 Å². The Kier molecular flexibility index (Phi) is 10.9. The van der Waals surface area contributed by atoms with Crippen molar-refractivity contribution in [2.45, 2.75) is 0 Å². The second-order valence-corrected chi connectivity index (χ2v) is 21.3. The van der Waals surface area contributed by atoms with Crippen LogP contribution in [0.1, 0.15) is 0 Å². The molecule has 0 radical (unpaired) electrons. The minimum Gasteiger partial charge on any atom is -0.309 e. The van der Waals surface area contributed by atoms with Gasteiger partial charge in [-0.1, -0.05) is 212 Å². The molecule has 378 valence electrons. The van der Waals surface area contributed by atoms with Crippen molar-refractivity contribution in [1.82, 2.24) is 13.7 Å². The number of aromatic nitrogens is 3. The van der Waals surface area contributed by atoms with Gasteiger partial charge in [-0.05, 0) is 158 Å². The van der Waals surface area contributed by atoms with Crippen molar-refractivity contribution in [3.63, 3.8) is 0 Å². The standard InChI is InChI=1S/C78H51N3/c1-5-17-52(18-6-1)58-37-42-74(67(47-58)57-19-7-2-8-20-57)81-77-45-40-61(55-33-29-53(30-34-55)59-38-43-75-68(48-59)65-25-13-15-27-72(65)79(75)63-21-9-3-10-22-63)50-70(77)71-51-62(41-46-78(71)81)56-35-31-54(32-36-56)60-39-44-76-69(49-60)66-26-14-16-28-73(66)80(76)64-23-11-4-12-24-64/h1-51H. The highest BCUT2D eigenvalue weighted by Gasteiger charge is 2.20. The van der Waals surface area contributed by atoms with E-state index in [2.05, 4.69) is 323 Å². The summed E-state index contributed by atoms with van der Waals surface area (Å²) in [7, 11) is 0. The molecule has 3 aromatic heterocycles. The molecule has 3 nitrogen and oxygen atoms in total. The van der Waals surface area contributed by atoms with Gasteiger partial charge in [-0.2, -0.15) is 0 Å². The van der Waals surface area contributed by atoms with Crippen LogP contribution < -0.4 is 0 Å². The summed E-state index contributed by atoms with van der Waals surface area (Å²) < 4.78 is 7.23. The zero-order valence-electron chi connectivity index (χ0n) is 44.3. The van der Waals surface area contributed by atoms with E-state index in [1.807, 2.05) is 0 Å². The highest BCUT2D eigenvalue weighted by molar-refractivity contribution is 6.14. The Morgan fingerprint density at radius 3 is 0.840 bits per heavy atom. The maximum Gasteiger partial charge on any atom is 0.0541 e. The minimum absolute atomic E-state index is 1.14. The van der Waals surface area contributed by atoms with E-state index in [0.717, 1.165) is 16.7 Å². The molecule has 13 aromatic carbocycles. The number of nitrogens with zero attached hydrogens (tertiary/aromatic N) is 3. The summed E-state index contributed by atoms with van der Waals surface area (Å²) in [6, 6.07) is 113. The van der Waals surface area contributed by atoms with Crippen molar-refractivity contribution in [1.29, 1.82) is 0 Å². The van der Waals surface area contributed by atoms with Crippen LogP contribution in [0.2, 0.25) is 0 Å². The van der Waals surface area contributed by atoms with E-state index in [-0.39, 0.29) is 0 Å². The van der Waals surface area contributed by atoms with E-state index in [1.165, 1.54) is 133 Å². The molecule has 0 aliphatic heterocycles. The molecule has 81 heavy (non-hydrogen) atoms.